The molecule has 0 aliphatic carbocycles. The third kappa shape index (κ3) is 4.07. The summed E-state index contributed by atoms with van der Waals surface area (Å²) in [6.07, 6.45) is 3.55. The van der Waals surface area contributed by atoms with Crippen molar-refractivity contribution in [2.45, 2.75) is 13.0 Å². The van der Waals surface area contributed by atoms with Gasteiger partial charge in [-0.15, -0.1) is 0 Å². The summed E-state index contributed by atoms with van der Waals surface area (Å²) in [6, 6.07) is 11.1. The molecule has 2 rings (SSSR count). The van der Waals surface area contributed by atoms with Crippen LogP contribution in [0.3, 0.4) is 0 Å². The number of para-hydroxylation sites is 1. The second-order valence-corrected chi connectivity index (χ2v) is 4.20. The molecule has 1 aromatic heterocycles. The van der Waals surface area contributed by atoms with E-state index in [1.165, 1.54) is 0 Å². The highest BCUT2D eigenvalue weighted by atomic mass is 16.5. The summed E-state index contributed by atoms with van der Waals surface area (Å²) in [5.41, 5.74) is 7.28. The van der Waals surface area contributed by atoms with E-state index >= 15 is 0 Å². The number of anilines is 1. The van der Waals surface area contributed by atoms with E-state index in [4.69, 9.17) is 10.5 Å². The van der Waals surface area contributed by atoms with E-state index in [0.717, 1.165) is 11.3 Å². The molecule has 20 heavy (non-hydrogen) atoms. The summed E-state index contributed by atoms with van der Waals surface area (Å²) in [4.78, 5) is 15.8. The smallest absolute Gasteiger partial charge is 0.227 e. The Morgan fingerprint density at radius 1 is 1.25 bits per heavy atom. The van der Waals surface area contributed by atoms with Gasteiger partial charge in [-0.05, 0) is 23.8 Å². The summed E-state index contributed by atoms with van der Waals surface area (Å²) < 4.78 is 5.42. The molecule has 1 amide bonds. The molecule has 1 aromatic carbocycles. The zero-order valence-electron chi connectivity index (χ0n) is 11.1. The molecule has 1 heterocycles. The van der Waals surface area contributed by atoms with Crippen LogP contribution in [-0.4, -0.2) is 17.5 Å². The number of hydrogen-bond acceptors (Lipinski definition) is 4. The van der Waals surface area contributed by atoms with Gasteiger partial charge in [0.1, 0.15) is 5.75 Å². The third-order valence-electron chi connectivity index (χ3n) is 2.74. The number of ether oxygens (including phenoxy) is 1. The Morgan fingerprint density at radius 2 is 2.10 bits per heavy atom. The molecule has 0 fully saturated rings. The quantitative estimate of drug-likeness (QED) is 0.841. The van der Waals surface area contributed by atoms with Crippen molar-refractivity contribution in [2.24, 2.45) is 5.73 Å². The lowest BCUT2D eigenvalue weighted by Crippen LogP contribution is -2.16. The van der Waals surface area contributed by atoms with E-state index in [1.54, 1.807) is 24.5 Å². The Bertz CT molecular complexity index is 558. The molecule has 0 saturated heterocycles. The number of amides is 1. The molecule has 0 aliphatic heterocycles. The number of carbonyl (C=O) groups is 1. The van der Waals surface area contributed by atoms with Crippen molar-refractivity contribution in [2.75, 3.05) is 11.9 Å². The van der Waals surface area contributed by atoms with E-state index in [-0.39, 0.29) is 12.3 Å². The van der Waals surface area contributed by atoms with Gasteiger partial charge in [0.25, 0.3) is 0 Å². The predicted molar refractivity (Wildman–Crippen MR) is 77.3 cm³/mol. The minimum Gasteiger partial charge on any atom is -0.491 e. The lowest BCUT2D eigenvalue weighted by Gasteiger charge is -2.10. The van der Waals surface area contributed by atoms with Crippen LogP contribution in [0.15, 0.2) is 48.8 Å². The molecule has 0 unspecified atom stereocenters. The van der Waals surface area contributed by atoms with Crippen LogP contribution in [0.5, 0.6) is 5.75 Å². The third-order valence-corrected chi connectivity index (χ3v) is 2.74. The Morgan fingerprint density at radius 3 is 2.85 bits per heavy atom. The minimum atomic E-state index is -0.102. The molecule has 0 saturated carbocycles. The maximum absolute atomic E-state index is 11.8. The number of rotatable bonds is 6. The number of nitrogens with zero attached hydrogens (tertiary/aromatic N) is 1. The molecule has 5 heteroatoms. The van der Waals surface area contributed by atoms with Crippen molar-refractivity contribution in [3.8, 4) is 5.75 Å². The summed E-state index contributed by atoms with van der Waals surface area (Å²) in [5, 5.41) is 2.83. The normalized spacial score (nSPS) is 10.1. The Labute approximate surface area is 117 Å². The van der Waals surface area contributed by atoms with Crippen molar-refractivity contribution < 1.29 is 9.53 Å². The molecule has 5 nitrogen and oxygen atoms in total. The van der Waals surface area contributed by atoms with Gasteiger partial charge >= 0.3 is 0 Å². The van der Waals surface area contributed by atoms with Crippen LogP contribution in [0.4, 0.5) is 5.69 Å². The first-order valence-electron chi connectivity index (χ1n) is 6.40. The van der Waals surface area contributed by atoms with E-state index in [9.17, 15) is 4.79 Å². The second-order valence-electron chi connectivity index (χ2n) is 4.20. The monoisotopic (exact) mass is 271 g/mol. The predicted octanol–water partition coefficient (Wildman–Crippen LogP) is 1.95. The van der Waals surface area contributed by atoms with Gasteiger partial charge in [0.05, 0.1) is 19.2 Å². The first-order chi connectivity index (χ1) is 9.79. The number of nitrogens with one attached hydrogen (secondary N) is 1. The Balaban J connectivity index is 1.81. The average Bonchev–Trinajstić information content (AvgIpc) is 2.49. The van der Waals surface area contributed by atoms with Gasteiger partial charge in [0.15, 0.2) is 0 Å². The van der Waals surface area contributed by atoms with Crippen LogP contribution >= 0.6 is 0 Å². The van der Waals surface area contributed by atoms with Gasteiger partial charge in [-0.25, -0.2) is 0 Å². The molecule has 0 aliphatic rings. The van der Waals surface area contributed by atoms with E-state index in [2.05, 4.69) is 10.3 Å². The van der Waals surface area contributed by atoms with Crippen LogP contribution in [0, 0.1) is 0 Å². The van der Waals surface area contributed by atoms with Crippen molar-refractivity contribution in [3.63, 3.8) is 0 Å². The number of hydrogen-bond donors (Lipinski definition) is 2. The van der Waals surface area contributed by atoms with Crippen LogP contribution in [-0.2, 0) is 11.3 Å². The first kappa shape index (κ1) is 14.0. The topological polar surface area (TPSA) is 77.2 Å². The fourth-order valence-electron chi connectivity index (χ4n) is 1.73. The SMILES string of the molecule is NCc1ccccc1NC(=O)CCOc1cccnc1. The van der Waals surface area contributed by atoms with Crippen LogP contribution in [0.1, 0.15) is 12.0 Å². The fraction of sp³-hybridized carbons (Fsp3) is 0.200. The molecule has 0 atom stereocenters. The van der Waals surface area contributed by atoms with Crippen molar-refractivity contribution in [1.82, 2.24) is 4.98 Å². The first-order valence-corrected chi connectivity index (χ1v) is 6.40. The van der Waals surface area contributed by atoms with Crippen molar-refractivity contribution >= 4 is 11.6 Å². The van der Waals surface area contributed by atoms with Crippen LogP contribution in [0.25, 0.3) is 0 Å². The van der Waals surface area contributed by atoms with Crippen molar-refractivity contribution in [1.29, 1.82) is 0 Å². The molecule has 104 valence electrons. The number of aromatic nitrogens is 1. The van der Waals surface area contributed by atoms with E-state index in [0.29, 0.717) is 18.9 Å². The summed E-state index contributed by atoms with van der Waals surface area (Å²) in [5.74, 6) is 0.553. The molecular weight excluding hydrogens is 254 g/mol. The largest absolute Gasteiger partial charge is 0.491 e. The fourth-order valence-corrected chi connectivity index (χ4v) is 1.73. The van der Waals surface area contributed by atoms with Crippen LogP contribution < -0.4 is 15.8 Å². The molecular formula is C15H17N3O2. The summed E-state index contributed by atoms with van der Waals surface area (Å²) in [6.45, 7) is 0.699. The number of benzene rings is 1. The highest BCUT2D eigenvalue weighted by molar-refractivity contribution is 5.91. The Kier molecular flexibility index (Phi) is 5.08. The number of pyridine rings is 1. The maximum atomic E-state index is 11.8. The van der Waals surface area contributed by atoms with E-state index in [1.807, 2.05) is 24.3 Å². The van der Waals surface area contributed by atoms with Gasteiger partial charge < -0.3 is 15.8 Å². The molecule has 0 bridgehead atoms. The maximum Gasteiger partial charge on any atom is 0.227 e. The summed E-state index contributed by atoms with van der Waals surface area (Å²) in [7, 11) is 0. The van der Waals surface area contributed by atoms with Gasteiger partial charge in [0.2, 0.25) is 5.91 Å². The molecule has 0 spiro atoms. The lowest BCUT2D eigenvalue weighted by atomic mass is 10.2. The Hall–Kier alpha value is -2.40. The van der Waals surface area contributed by atoms with Gasteiger partial charge in [-0.1, -0.05) is 18.2 Å². The van der Waals surface area contributed by atoms with E-state index < -0.39 is 0 Å². The second kappa shape index (κ2) is 7.25. The van der Waals surface area contributed by atoms with Gasteiger partial charge in [-0.2, -0.15) is 0 Å². The van der Waals surface area contributed by atoms with Crippen molar-refractivity contribution in [3.05, 3.63) is 54.4 Å². The molecule has 0 radical (unpaired) electrons. The standard InChI is InChI=1S/C15H17N3O2/c16-10-12-4-1-2-6-14(12)18-15(19)7-9-20-13-5-3-8-17-11-13/h1-6,8,11H,7,9-10,16H2,(H,18,19). The number of carbonyl (C=O) groups excluding carboxylic acids is 1. The zero-order valence-corrected chi connectivity index (χ0v) is 11.1. The highest BCUT2D eigenvalue weighted by Crippen LogP contribution is 2.14. The summed E-state index contributed by atoms with van der Waals surface area (Å²) >= 11 is 0. The number of nitrogens with two attached hydrogens (primary N) is 1. The van der Waals surface area contributed by atoms with Crippen LogP contribution in [0.2, 0.25) is 0 Å². The van der Waals surface area contributed by atoms with Gasteiger partial charge in [-0.3, -0.25) is 9.78 Å². The highest BCUT2D eigenvalue weighted by Gasteiger charge is 2.05. The van der Waals surface area contributed by atoms with Gasteiger partial charge in [0, 0.05) is 18.4 Å². The molecule has 3 N–H and O–H groups in total. The molecule has 2 aromatic rings. The zero-order chi connectivity index (χ0) is 14.2. The minimum absolute atomic E-state index is 0.102. The average molecular weight is 271 g/mol. The lowest BCUT2D eigenvalue weighted by molar-refractivity contribution is -0.116.